The molecule has 0 unspecified atom stereocenters. The van der Waals surface area contributed by atoms with Crippen LogP contribution in [0.2, 0.25) is 0 Å². The highest BCUT2D eigenvalue weighted by Gasteiger charge is 2.36. The highest BCUT2D eigenvalue weighted by Crippen LogP contribution is 2.37. The number of rotatable bonds is 5. The summed E-state index contributed by atoms with van der Waals surface area (Å²) in [7, 11) is 0. The predicted octanol–water partition coefficient (Wildman–Crippen LogP) is 3.29. The van der Waals surface area contributed by atoms with Crippen LogP contribution in [0.1, 0.15) is 62.8 Å². The number of pyridine rings is 2. The second kappa shape index (κ2) is 9.16. The summed E-state index contributed by atoms with van der Waals surface area (Å²) in [4.78, 5) is 57.2. The van der Waals surface area contributed by atoms with Crippen molar-refractivity contribution in [3.05, 3.63) is 80.4 Å². The van der Waals surface area contributed by atoms with E-state index >= 15 is 4.39 Å². The van der Waals surface area contributed by atoms with Gasteiger partial charge in [-0.05, 0) is 49.5 Å². The fourth-order valence-corrected chi connectivity index (χ4v) is 5.31. The highest BCUT2D eigenvalue weighted by atomic mass is 19.1. The lowest BCUT2D eigenvalue weighted by Gasteiger charge is -2.31. The van der Waals surface area contributed by atoms with Gasteiger partial charge < -0.3 is 14.6 Å². The first-order valence-corrected chi connectivity index (χ1v) is 12.6. The van der Waals surface area contributed by atoms with E-state index in [9.17, 15) is 29.5 Å². The van der Waals surface area contributed by atoms with Crippen LogP contribution in [0.3, 0.4) is 0 Å². The van der Waals surface area contributed by atoms with Gasteiger partial charge in [-0.25, -0.2) is 14.2 Å². The quantitative estimate of drug-likeness (QED) is 0.394. The summed E-state index contributed by atoms with van der Waals surface area (Å²) in [6, 6.07) is 9.65. The molecular weight excluding hydrogens is 505 g/mol. The molecule has 3 aromatic rings. The Morgan fingerprint density at radius 3 is 2.46 bits per heavy atom. The summed E-state index contributed by atoms with van der Waals surface area (Å²) in [5, 5.41) is 19.3. The molecular formula is C28H22FN5O5. The Morgan fingerprint density at radius 2 is 1.85 bits per heavy atom. The van der Waals surface area contributed by atoms with Crippen molar-refractivity contribution in [1.82, 2.24) is 14.5 Å². The smallest absolute Gasteiger partial charge is 0.341 e. The Kier molecular flexibility index (Phi) is 5.75. The number of carboxylic acid groups (broad SMARTS) is 1. The van der Waals surface area contributed by atoms with Crippen molar-refractivity contribution in [1.29, 1.82) is 5.26 Å². The second-order valence-corrected chi connectivity index (χ2v) is 9.94. The van der Waals surface area contributed by atoms with Gasteiger partial charge in [0.25, 0.3) is 11.8 Å². The zero-order valence-corrected chi connectivity index (χ0v) is 20.7. The molecule has 0 atom stereocenters. The number of carbonyl (C=O) groups is 3. The largest absolute Gasteiger partial charge is 0.477 e. The van der Waals surface area contributed by atoms with Gasteiger partial charge in [0.15, 0.2) is 11.6 Å². The number of carboxylic acids is 1. The Balaban J connectivity index is 1.35. The lowest BCUT2D eigenvalue weighted by Crippen LogP contribution is -2.36. The number of piperidine rings is 1. The highest BCUT2D eigenvalue weighted by molar-refractivity contribution is 6.21. The molecule has 2 fully saturated rings. The van der Waals surface area contributed by atoms with Crippen molar-refractivity contribution >= 4 is 34.6 Å². The average Bonchev–Trinajstić information content (AvgIpc) is 3.75. The molecule has 196 valence electrons. The first kappa shape index (κ1) is 24.5. The SMILES string of the molecule is N#C/C(CN1C(=O)c2ccccc2C1=O)=C1/CCCN(c2nc3c(cc2F)c(=O)c(C(=O)O)cn3C2CC2)C1. The second-order valence-electron chi connectivity index (χ2n) is 9.94. The topological polar surface area (TPSA) is 137 Å². The van der Waals surface area contributed by atoms with Crippen molar-refractivity contribution in [2.24, 2.45) is 0 Å². The van der Waals surface area contributed by atoms with Crippen LogP contribution in [0, 0.1) is 17.1 Å². The van der Waals surface area contributed by atoms with E-state index in [1.807, 2.05) is 0 Å². The molecule has 0 radical (unpaired) electrons. The summed E-state index contributed by atoms with van der Waals surface area (Å²) in [5.74, 6) is -3.08. The van der Waals surface area contributed by atoms with Crippen molar-refractivity contribution in [3.8, 4) is 6.07 Å². The molecule has 3 aliphatic rings. The van der Waals surface area contributed by atoms with Gasteiger partial charge in [0.1, 0.15) is 11.2 Å². The number of imide groups is 1. The molecule has 1 N–H and O–H groups in total. The van der Waals surface area contributed by atoms with Gasteiger partial charge in [-0.15, -0.1) is 0 Å². The van der Waals surface area contributed by atoms with E-state index in [1.165, 1.54) is 6.20 Å². The minimum absolute atomic E-state index is 0.00500. The summed E-state index contributed by atoms with van der Waals surface area (Å²) in [6.45, 7) is 0.409. The summed E-state index contributed by atoms with van der Waals surface area (Å²) < 4.78 is 17.0. The maximum atomic E-state index is 15.4. The van der Waals surface area contributed by atoms with Crippen LogP contribution in [0.5, 0.6) is 0 Å². The molecule has 6 rings (SSSR count). The Bertz CT molecular complexity index is 1700. The molecule has 1 aromatic carbocycles. The first-order chi connectivity index (χ1) is 18.8. The number of anilines is 1. The molecule has 1 saturated carbocycles. The van der Waals surface area contributed by atoms with E-state index in [1.54, 1.807) is 33.7 Å². The number of halogens is 1. The monoisotopic (exact) mass is 527 g/mol. The van der Waals surface area contributed by atoms with Crippen LogP contribution in [0.4, 0.5) is 10.2 Å². The van der Waals surface area contributed by atoms with Gasteiger partial charge in [-0.1, -0.05) is 12.1 Å². The van der Waals surface area contributed by atoms with Gasteiger partial charge in [-0.3, -0.25) is 19.3 Å². The number of hydrogen-bond donors (Lipinski definition) is 1. The number of benzene rings is 1. The van der Waals surface area contributed by atoms with Crippen molar-refractivity contribution in [3.63, 3.8) is 0 Å². The summed E-state index contributed by atoms with van der Waals surface area (Å²) in [5.41, 5.74) is 0.513. The maximum Gasteiger partial charge on any atom is 0.341 e. The maximum absolute atomic E-state index is 15.4. The molecule has 0 spiro atoms. The fourth-order valence-electron chi connectivity index (χ4n) is 5.31. The first-order valence-electron chi connectivity index (χ1n) is 12.6. The van der Waals surface area contributed by atoms with Crippen LogP contribution in [-0.4, -0.2) is 57.0 Å². The van der Waals surface area contributed by atoms with E-state index in [4.69, 9.17) is 0 Å². The lowest BCUT2D eigenvalue weighted by atomic mass is 9.98. The third-order valence-electron chi connectivity index (χ3n) is 7.45. The van der Waals surface area contributed by atoms with Gasteiger partial charge in [0, 0.05) is 25.3 Å². The number of amides is 2. The van der Waals surface area contributed by atoms with Gasteiger partial charge in [0.2, 0.25) is 5.43 Å². The number of nitriles is 1. The number of fused-ring (bicyclic) bond motifs is 2. The molecule has 1 aliphatic carbocycles. The number of carbonyl (C=O) groups excluding carboxylic acids is 2. The van der Waals surface area contributed by atoms with E-state index in [2.05, 4.69) is 11.1 Å². The molecule has 2 aromatic heterocycles. The number of nitrogens with zero attached hydrogens (tertiary/aromatic N) is 5. The molecule has 1 saturated heterocycles. The zero-order chi connectivity index (χ0) is 27.4. The third kappa shape index (κ3) is 4.05. The van der Waals surface area contributed by atoms with Gasteiger partial charge in [0.05, 0.1) is 34.7 Å². The Hall–Kier alpha value is -4.85. The average molecular weight is 528 g/mol. The van der Waals surface area contributed by atoms with E-state index < -0.39 is 34.6 Å². The zero-order valence-electron chi connectivity index (χ0n) is 20.7. The number of aromatic carboxylic acids is 1. The predicted molar refractivity (Wildman–Crippen MR) is 137 cm³/mol. The minimum Gasteiger partial charge on any atom is -0.477 e. The molecule has 2 amide bonds. The normalized spacial score (nSPS) is 18.4. The minimum atomic E-state index is -1.38. The molecule has 39 heavy (non-hydrogen) atoms. The van der Waals surface area contributed by atoms with E-state index in [0.29, 0.717) is 36.1 Å². The Morgan fingerprint density at radius 1 is 1.15 bits per heavy atom. The number of aromatic nitrogens is 2. The molecule has 2 aliphatic heterocycles. The number of hydrogen-bond acceptors (Lipinski definition) is 7. The van der Waals surface area contributed by atoms with Crippen molar-refractivity contribution in [2.45, 2.75) is 31.7 Å². The standard InChI is InChI=1S/C28H22FN5O5/c29-22-10-20-23(35)21(28(38)39)14-33(17-7-8-17)24(20)31-25(22)32-9-3-4-15(12-32)16(11-30)13-34-26(36)18-5-1-2-6-19(18)27(34)37/h1-2,5-6,10,14,17H,3-4,7-9,12-13H2,(H,38,39)/b16-15+. The van der Waals surface area contributed by atoms with Crippen LogP contribution in [0.25, 0.3) is 11.0 Å². The van der Waals surface area contributed by atoms with Crippen LogP contribution < -0.4 is 10.3 Å². The van der Waals surface area contributed by atoms with Crippen LogP contribution in [0.15, 0.2) is 52.5 Å². The fraction of sp³-hybridized carbons (Fsp3) is 0.286. The van der Waals surface area contributed by atoms with Crippen LogP contribution in [-0.2, 0) is 0 Å². The van der Waals surface area contributed by atoms with Gasteiger partial charge in [-0.2, -0.15) is 5.26 Å². The summed E-state index contributed by atoms with van der Waals surface area (Å²) in [6.07, 6.45) is 3.98. The van der Waals surface area contributed by atoms with E-state index in [0.717, 1.165) is 23.8 Å². The Labute approximate surface area is 221 Å². The molecule has 10 nitrogen and oxygen atoms in total. The molecule has 11 heteroatoms. The van der Waals surface area contributed by atoms with Crippen molar-refractivity contribution in [2.75, 3.05) is 24.5 Å². The van der Waals surface area contributed by atoms with Crippen LogP contribution >= 0.6 is 0 Å². The van der Waals surface area contributed by atoms with Crippen molar-refractivity contribution < 1.29 is 23.9 Å². The van der Waals surface area contributed by atoms with E-state index in [-0.39, 0.29) is 41.6 Å². The molecule has 4 heterocycles. The van der Waals surface area contributed by atoms with Gasteiger partial charge >= 0.3 is 5.97 Å². The third-order valence-corrected chi connectivity index (χ3v) is 7.45. The molecule has 0 bridgehead atoms. The lowest BCUT2D eigenvalue weighted by molar-refractivity contribution is 0.0663. The summed E-state index contributed by atoms with van der Waals surface area (Å²) >= 11 is 0.